The molecule has 0 aliphatic carbocycles. The lowest BCUT2D eigenvalue weighted by atomic mass is 9.99. The van der Waals surface area contributed by atoms with Crippen LogP contribution in [-0.2, 0) is 16.0 Å². The van der Waals surface area contributed by atoms with Gasteiger partial charge in [-0.2, -0.15) is 0 Å². The van der Waals surface area contributed by atoms with Crippen molar-refractivity contribution >= 4 is 29.2 Å². The number of benzene rings is 2. The highest BCUT2D eigenvalue weighted by Gasteiger charge is 2.25. The third-order valence-corrected chi connectivity index (χ3v) is 5.42. The van der Waals surface area contributed by atoms with Crippen LogP contribution in [0.15, 0.2) is 48.5 Å². The first-order valence-electron chi connectivity index (χ1n) is 9.57. The lowest BCUT2D eigenvalue weighted by molar-refractivity contribution is -0.137. The van der Waals surface area contributed by atoms with Crippen molar-refractivity contribution in [1.82, 2.24) is 4.98 Å². The van der Waals surface area contributed by atoms with Gasteiger partial charge in [0, 0.05) is 29.1 Å². The molecule has 0 radical (unpaired) electrons. The number of carbonyl (C=O) groups excluding carboxylic acids is 1. The minimum atomic E-state index is -0.816. The van der Waals surface area contributed by atoms with Crippen molar-refractivity contribution in [2.75, 3.05) is 5.32 Å². The molecule has 4 rings (SSSR count). The maximum absolute atomic E-state index is 12.6. The van der Waals surface area contributed by atoms with Gasteiger partial charge in [-0.25, -0.2) is 0 Å². The Hall–Kier alpha value is -3.60. The molecule has 3 N–H and O–H groups in total. The monoisotopic (exact) mass is 386 g/mol. The molecule has 2 aromatic carbocycles. The molecule has 5 nitrogen and oxygen atoms in total. The van der Waals surface area contributed by atoms with E-state index in [0.29, 0.717) is 12.0 Å². The summed E-state index contributed by atoms with van der Waals surface area (Å²) in [5.41, 5.74) is 8.18. The highest BCUT2D eigenvalue weighted by molar-refractivity contribution is 6.35. The van der Waals surface area contributed by atoms with Gasteiger partial charge in [0.2, 0.25) is 0 Å². The topological polar surface area (TPSA) is 82.2 Å². The van der Waals surface area contributed by atoms with Gasteiger partial charge in [-0.3, -0.25) is 9.59 Å². The Morgan fingerprint density at radius 1 is 1.07 bits per heavy atom. The first-order chi connectivity index (χ1) is 13.9. The van der Waals surface area contributed by atoms with Crippen molar-refractivity contribution in [3.05, 3.63) is 76.6 Å². The van der Waals surface area contributed by atoms with Crippen LogP contribution in [0, 0.1) is 13.8 Å². The summed E-state index contributed by atoms with van der Waals surface area (Å²) in [4.78, 5) is 26.8. The molecule has 0 atom stereocenters. The Balaban J connectivity index is 1.69. The van der Waals surface area contributed by atoms with Gasteiger partial charge in [-0.15, -0.1) is 0 Å². The van der Waals surface area contributed by atoms with Crippen LogP contribution in [0.25, 0.3) is 22.8 Å². The molecule has 3 aromatic rings. The van der Waals surface area contributed by atoms with Crippen LogP contribution in [0.3, 0.4) is 0 Å². The van der Waals surface area contributed by atoms with Gasteiger partial charge < -0.3 is 15.4 Å². The molecule has 0 fully saturated rings. The molecular formula is C24H22N2O3. The van der Waals surface area contributed by atoms with Crippen molar-refractivity contribution in [1.29, 1.82) is 0 Å². The molecule has 2 heterocycles. The molecule has 29 heavy (non-hydrogen) atoms. The smallest absolute Gasteiger partial charge is 0.303 e. The first kappa shape index (κ1) is 18.7. The number of hydrogen-bond acceptors (Lipinski definition) is 2. The maximum Gasteiger partial charge on any atom is 0.303 e. The third-order valence-electron chi connectivity index (χ3n) is 5.42. The van der Waals surface area contributed by atoms with Gasteiger partial charge in [0.1, 0.15) is 0 Å². The van der Waals surface area contributed by atoms with Gasteiger partial charge in [0.25, 0.3) is 5.91 Å². The number of anilines is 1. The van der Waals surface area contributed by atoms with E-state index in [1.54, 1.807) is 0 Å². The first-order valence-corrected chi connectivity index (χ1v) is 9.57. The van der Waals surface area contributed by atoms with E-state index in [9.17, 15) is 9.59 Å². The lowest BCUT2D eigenvalue weighted by Crippen LogP contribution is -2.03. The van der Waals surface area contributed by atoms with Crippen LogP contribution in [0.4, 0.5) is 5.69 Å². The Labute approximate surface area is 169 Å². The largest absolute Gasteiger partial charge is 0.481 e. The van der Waals surface area contributed by atoms with Crippen molar-refractivity contribution in [3.8, 4) is 11.1 Å². The molecule has 0 saturated heterocycles. The Bertz CT molecular complexity index is 1140. The number of H-pyrrole nitrogens is 1. The van der Waals surface area contributed by atoms with E-state index >= 15 is 0 Å². The van der Waals surface area contributed by atoms with E-state index in [2.05, 4.69) is 10.3 Å². The lowest BCUT2D eigenvalue weighted by Gasteiger charge is -2.05. The number of rotatable bonds is 5. The van der Waals surface area contributed by atoms with Crippen LogP contribution in [0.5, 0.6) is 0 Å². The number of carbonyl (C=O) groups is 2. The minimum Gasteiger partial charge on any atom is -0.481 e. The number of hydrogen-bond donors (Lipinski definition) is 3. The summed E-state index contributed by atoms with van der Waals surface area (Å²) < 4.78 is 0. The fourth-order valence-corrected chi connectivity index (χ4v) is 3.86. The minimum absolute atomic E-state index is 0.0845. The van der Waals surface area contributed by atoms with Crippen LogP contribution in [0.2, 0.25) is 0 Å². The summed E-state index contributed by atoms with van der Waals surface area (Å²) in [7, 11) is 0. The van der Waals surface area contributed by atoms with E-state index in [1.807, 2.05) is 68.5 Å². The molecule has 1 aliphatic heterocycles. The van der Waals surface area contributed by atoms with E-state index in [-0.39, 0.29) is 12.3 Å². The summed E-state index contributed by atoms with van der Waals surface area (Å²) in [5.74, 6) is -0.952. The van der Waals surface area contributed by atoms with E-state index < -0.39 is 5.97 Å². The number of aliphatic carboxylic acids is 1. The number of aromatic amines is 1. The number of aromatic nitrogens is 1. The highest BCUT2D eigenvalue weighted by atomic mass is 16.4. The van der Waals surface area contributed by atoms with Crippen LogP contribution < -0.4 is 5.32 Å². The molecule has 146 valence electrons. The predicted octanol–water partition coefficient (Wildman–Crippen LogP) is 4.81. The molecule has 0 unspecified atom stereocenters. The molecule has 0 saturated carbocycles. The van der Waals surface area contributed by atoms with Crippen LogP contribution in [-0.4, -0.2) is 22.0 Å². The average molecular weight is 386 g/mol. The van der Waals surface area contributed by atoms with Crippen molar-refractivity contribution in [2.45, 2.75) is 26.7 Å². The van der Waals surface area contributed by atoms with Crippen molar-refractivity contribution in [2.24, 2.45) is 0 Å². The number of carboxylic acid groups (broad SMARTS) is 1. The quantitative estimate of drug-likeness (QED) is 0.551. The SMILES string of the molecule is Cc1[nH]c(/C=C2/C(=O)Nc3cc(-c4ccccc4)ccc32)c(C)c1CCC(=O)O. The summed E-state index contributed by atoms with van der Waals surface area (Å²) in [6.07, 6.45) is 2.41. The average Bonchev–Trinajstić information content (AvgIpc) is 3.16. The van der Waals surface area contributed by atoms with Crippen molar-refractivity contribution in [3.63, 3.8) is 0 Å². The third kappa shape index (κ3) is 3.59. The van der Waals surface area contributed by atoms with E-state index in [1.165, 1.54) is 0 Å². The molecule has 0 bridgehead atoms. The second kappa shape index (κ2) is 7.43. The standard InChI is InChI=1S/C24H22N2O3/c1-14-18(10-11-23(27)28)15(2)25-21(14)13-20-19-9-8-17(12-22(19)26-24(20)29)16-6-4-3-5-7-16/h3-9,12-13,25H,10-11H2,1-2H3,(H,26,29)(H,27,28)/b20-13+. The van der Waals surface area contributed by atoms with Crippen molar-refractivity contribution < 1.29 is 14.7 Å². The van der Waals surface area contributed by atoms with Crippen LogP contribution >= 0.6 is 0 Å². The summed E-state index contributed by atoms with van der Waals surface area (Å²) >= 11 is 0. The summed E-state index contributed by atoms with van der Waals surface area (Å²) in [5, 5.41) is 11.9. The Morgan fingerprint density at radius 3 is 2.55 bits per heavy atom. The molecule has 0 spiro atoms. The molecule has 1 amide bonds. The normalized spacial score (nSPS) is 14.1. The van der Waals surface area contributed by atoms with Gasteiger partial charge in [0.05, 0.1) is 5.57 Å². The van der Waals surface area contributed by atoms with Gasteiger partial charge in [-0.05, 0) is 54.7 Å². The molecule has 5 heteroatoms. The Morgan fingerprint density at radius 2 is 1.83 bits per heavy atom. The number of aryl methyl sites for hydroxylation is 1. The highest BCUT2D eigenvalue weighted by Crippen LogP contribution is 2.36. The zero-order valence-electron chi connectivity index (χ0n) is 16.4. The summed E-state index contributed by atoms with van der Waals surface area (Å²) in [6.45, 7) is 3.89. The predicted molar refractivity (Wildman–Crippen MR) is 115 cm³/mol. The zero-order chi connectivity index (χ0) is 20.5. The van der Waals surface area contributed by atoms with Gasteiger partial charge in [0.15, 0.2) is 0 Å². The van der Waals surface area contributed by atoms with Crippen LogP contribution in [0.1, 0.15) is 34.5 Å². The summed E-state index contributed by atoms with van der Waals surface area (Å²) in [6, 6.07) is 16.0. The van der Waals surface area contributed by atoms with E-state index in [4.69, 9.17) is 5.11 Å². The fourth-order valence-electron chi connectivity index (χ4n) is 3.86. The maximum atomic E-state index is 12.6. The number of nitrogens with one attached hydrogen (secondary N) is 2. The zero-order valence-corrected chi connectivity index (χ0v) is 16.4. The second-order valence-electron chi connectivity index (χ2n) is 7.30. The fraction of sp³-hybridized carbons (Fsp3) is 0.167. The molecular weight excluding hydrogens is 364 g/mol. The van der Waals surface area contributed by atoms with Gasteiger partial charge >= 0.3 is 5.97 Å². The molecule has 1 aliphatic rings. The second-order valence-corrected chi connectivity index (χ2v) is 7.30. The van der Waals surface area contributed by atoms with Gasteiger partial charge in [-0.1, -0.05) is 42.5 Å². The Kier molecular flexibility index (Phi) is 4.80. The number of fused-ring (bicyclic) bond motifs is 1. The number of carboxylic acids is 1. The van der Waals surface area contributed by atoms with E-state index in [0.717, 1.165) is 44.9 Å². The molecule has 1 aromatic heterocycles. The number of amides is 1.